The normalized spacial score (nSPS) is 35.8. The van der Waals surface area contributed by atoms with Gasteiger partial charge in [-0.1, -0.05) is 26.0 Å². The molecule has 3 unspecified atom stereocenters. The summed E-state index contributed by atoms with van der Waals surface area (Å²) in [6, 6.07) is 0. The van der Waals surface area contributed by atoms with Crippen LogP contribution in [0.4, 0.5) is 0 Å². The van der Waals surface area contributed by atoms with Gasteiger partial charge < -0.3 is 4.74 Å². The quantitative estimate of drug-likeness (QED) is 0.420. The van der Waals surface area contributed by atoms with Crippen molar-refractivity contribution in [1.82, 2.24) is 0 Å². The van der Waals surface area contributed by atoms with E-state index >= 15 is 0 Å². The summed E-state index contributed by atoms with van der Waals surface area (Å²) in [4.78, 5) is 11.0. The first-order chi connectivity index (χ1) is 8.08. The Kier molecular flexibility index (Phi) is 3.41. The highest BCUT2D eigenvalue weighted by atomic mass is 16.5. The summed E-state index contributed by atoms with van der Waals surface area (Å²) in [7, 11) is 0. The second-order valence-electron chi connectivity index (χ2n) is 5.57. The van der Waals surface area contributed by atoms with E-state index in [1.54, 1.807) is 13.2 Å². The maximum atomic E-state index is 11.0. The van der Waals surface area contributed by atoms with Crippen LogP contribution in [0.2, 0.25) is 0 Å². The van der Waals surface area contributed by atoms with Gasteiger partial charge >= 0.3 is 5.97 Å². The fourth-order valence-corrected chi connectivity index (χ4v) is 3.40. The van der Waals surface area contributed by atoms with Gasteiger partial charge in [0, 0.05) is 6.42 Å². The van der Waals surface area contributed by atoms with E-state index in [0.29, 0.717) is 6.42 Å². The Morgan fingerprint density at radius 3 is 2.94 bits per heavy atom. The number of hydrogen-bond acceptors (Lipinski definition) is 2. The van der Waals surface area contributed by atoms with Gasteiger partial charge in [-0.3, -0.25) is 4.79 Å². The van der Waals surface area contributed by atoms with Crippen LogP contribution in [-0.2, 0) is 9.53 Å². The maximum Gasteiger partial charge on any atom is 0.310 e. The summed E-state index contributed by atoms with van der Waals surface area (Å²) in [5.41, 5.74) is 1.65. The molecular formula is C15H22O2. The molecule has 2 saturated carbocycles. The van der Waals surface area contributed by atoms with Gasteiger partial charge in [0.1, 0.15) is 0 Å². The topological polar surface area (TPSA) is 26.3 Å². The van der Waals surface area contributed by atoms with Crippen LogP contribution in [0.5, 0.6) is 0 Å². The standard InChI is InChI=1S/C15H22O2/c1-4-14(16)17-9-5-8-15(3)11(2)12-6-7-13(15)10-12/h5,9,12-13H,2,4,6-8,10H2,1,3H3. The van der Waals surface area contributed by atoms with Gasteiger partial charge in [0.05, 0.1) is 6.26 Å². The third-order valence-electron chi connectivity index (χ3n) is 4.69. The van der Waals surface area contributed by atoms with Gasteiger partial charge in [0.2, 0.25) is 0 Å². The van der Waals surface area contributed by atoms with E-state index in [4.69, 9.17) is 4.74 Å². The van der Waals surface area contributed by atoms with Crippen LogP contribution in [-0.4, -0.2) is 5.97 Å². The van der Waals surface area contributed by atoms with Crippen LogP contribution in [0.3, 0.4) is 0 Å². The minimum Gasteiger partial charge on any atom is -0.435 e. The van der Waals surface area contributed by atoms with Crippen molar-refractivity contribution < 1.29 is 9.53 Å². The van der Waals surface area contributed by atoms with Crippen molar-refractivity contribution in [2.24, 2.45) is 17.3 Å². The summed E-state index contributed by atoms with van der Waals surface area (Å²) in [6.07, 6.45) is 8.90. The van der Waals surface area contributed by atoms with E-state index in [2.05, 4.69) is 13.5 Å². The highest BCUT2D eigenvalue weighted by Crippen LogP contribution is 2.60. The molecule has 0 aromatic rings. The number of ether oxygens (including phenoxy) is 1. The average Bonchev–Trinajstić information content (AvgIpc) is 2.89. The van der Waals surface area contributed by atoms with Crippen molar-refractivity contribution >= 4 is 5.97 Å². The van der Waals surface area contributed by atoms with Crippen LogP contribution in [0.1, 0.15) is 46.0 Å². The molecular weight excluding hydrogens is 212 g/mol. The molecule has 17 heavy (non-hydrogen) atoms. The number of hydrogen-bond donors (Lipinski definition) is 0. The van der Waals surface area contributed by atoms with E-state index in [1.807, 2.05) is 6.08 Å². The first-order valence-electron chi connectivity index (χ1n) is 6.61. The Hall–Kier alpha value is -1.05. The smallest absolute Gasteiger partial charge is 0.310 e. The molecule has 0 aromatic carbocycles. The lowest BCUT2D eigenvalue weighted by atomic mass is 9.70. The molecule has 94 valence electrons. The SMILES string of the molecule is C=C1C2CCC(C2)C1(C)CC=COC(=O)CC. The number of carbonyl (C=O) groups is 1. The van der Waals surface area contributed by atoms with Gasteiger partial charge in [-0.05, 0) is 49.0 Å². The van der Waals surface area contributed by atoms with E-state index in [0.717, 1.165) is 18.3 Å². The first-order valence-corrected chi connectivity index (χ1v) is 6.61. The zero-order valence-electron chi connectivity index (χ0n) is 10.9. The molecule has 2 aliphatic rings. The fourth-order valence-electron chi connectivity index (χ4n) is 3.40. The number of rotatable bonds is 4. The number of carbonyl (C=O) groups excluding carboxylic acids is 1. The molecule has 0 N–H and O–H groups in total. The van der Waals surface area contributed by atoms with E-state index in [-0.39, 0.29) is 11.4 Å². The van der Waals surface area contributed by atoms with Gasteiger partial charge in [-0.25, -0.2) is 0 Å². The van der Waals surface area contributed by atoms with Crippen molar-refractivity contribution in [3.63, 3.8) is 0 Å². The second kappa shape index (κ2) is 4.67. The summed E-state index contributed by atoms with van der Waals surface area (Å²) in [6.45, 7) is 8.39. The Morgan fingerprint density at radius 1 is 1.59 bits per heavy atom. The second-order valence-corrected chi connectivity index (χ2v) is 5.57. The molecule has 2 nitrogen and oxygen atoms in total. The van der Waals surface area contributed by atoms with Gasteiger partial charge in [0.25, 0.3) is 0 Å². The van der Waals surface area contributed by atoms with Crippen LogP contribution in [0, 0.1) is 17.3 Å². The van der Waals surface area contributed by atoms with Crippen molar-refractivity contribution in [2.75, 3.05) is 0 Å². The lowest BCUT2D eigenvalue weighted by molar-refractivity contribution is -0.137. The lowest BCUT2D eigenvalue weighted by Crippen LogP contribution is -2.25. The number of fused-ring (bicyclic) bond motifs is 2. The molecule has 0 amide bonds. The molecule has 3 atom stereocenters. The molecule has 0 radical (unpaired) electrons. The van der Waals surface area contributed by atoms with Crippen LogP contribution in [0.15, 0.2) is 24.5 Å². The Bertz CT molecular complexity index is 356. The van der Waals surface area contributed by atoms with Gasteiger partial charge in [-0.2, -0.15) is 0 Å². The molecule has 0 aromatic heterocycles. The highest BCUT2D eigenvalue weighted by molar-refractivity contribution is 5.69. The molecule has 0 saturated heterocycles. The summed E-state index contributed by atoms with van der Waals surface area (Å²) >= 11 is 0. The Labute approximate surface area is 104 Å². The molecule has 0 aliphatic heterocycles. The van der Waals surface area contributed by atoms with Crippen molar-refractivity contribution in [2.45, 2.75) is 46.0 Å². The van der Waals surface area contributed by atoms with Gasteiger partial charge in [-0.15, -0.1) is 0 Å². The summed E-state index contributed by atoms with van der Waals surface area (Å²) in [5, 5.41) is 0. The predicted molar refractivity (Wildman–Crippen MR) is 68.2 cm³/mol. The van der Waals surface area contributed by atoms with Crippen molar-refractivity contribution in [3.05, 3.63) is 24.5 Å². The van der Waals surface area contributed by atoms with Crippen molar-refractivity contribution in [3.8, 4) is 0 Å². The van der Waals surface area contributed by atoms with Crippen LogP contribution >= 0.6 is 0 Å². The maximum absolute atomic E-state index is 11.0. The first kappa shape index (κ1) is 12.4. The predicted octanol–water partition coefficient (Wildman–Crippen LogP) is 3.84. The molecule has 2 fully saturated rings. The molecule has 0 spiro atoms. The zero-order valence-corrected chi connectivity index (χ0v) is 10.9. The highest BCUT2D eigenvalue weighted by Gasteiger charge is 2.49. The van der Waals surface area contributed by atoms with Gasteiger partial charge in [0.15, 0.2) is 0 Å². The van der Waals surface area contributed by atoms with E-state index in [9.17, 15) is 4.79 Å². The third kappa shape index (κ3) is 2.18. The minimum absolute atomic E-state index is 0.168. The van der Waals surface area contributed by atoms with Crippen LogP contribution < -0.4 is 0 Å². The van der Waals surface area contributed by atoms with E-state index in [1.165, 1.54) is 24.8 Å². The fraction of sp³-hybridized carbons (Fsp3) is 0.667. The summed E-state index contributed by atoms with van der Waals surface area (Å²) in [5.74, 6) is 1.36. The average molecular weight is 234 g/mol. The van der Waals surface area contributed by atoms with Crippen LogP contribution in [0.25, 0.3) is 0 Å². The molecule has 2 bridgehead atoms. The monoisotopic (exact) mass is 234 g/mol. The number of esters is 1. The minimum atomic E-state index is -0.168. The zero-order chi connectivity index (χ0) is 12.5. The Morgan fingerprint density at radius 2 is 2.35 bits per heavy atom. The lowest BCUT2D eigenvalue weighted by Gasteiger charge is -2.35. The molecule has 2 aliphatic carbocycles. The largest absolute Gasteiger partial charge is 0.435 e. The summed E-state index contributed by atoms with van der Waals surface area (Å²) < 4.78 is 4.96. The molecule has 0 heterocycles. The van der Waals surface area contributed by atoms with Crippen molar-refractivity contribution in [1.29, 1.82) is 0 Å². The number of allylic oxidation sites excluding steroid dienone is 2. The van der Waals surface area contributed by atoms with E-state index < -0.39 is 0 Å². The molecule has 2 rings (SSSR count). The Balaban J connectivity index is 1.90. The third-order valence-corrected chi connectivity index (χ3v) is 4.69. The molecule has 2 heteroatoms.